The number of carbonyl (C=O) groups excluding carboxylic acids is 1. The quantitative estimate of drug-likeness (QED) is 0.363. The number of rotatable bonds is 7. The summed E-state index contributed by atoms with van der Waals surface area (Å²) >= 11 is 9.22. The van der Waals surface area contributed by atoms with Crippen molar-refractivity contribution in [2.75, 3.05) is 10.8 Å². The molecule has 10 heteroatoms. The van der Waals surface area contributed by atoms with Crippen molar-refractivity contribution in [1.82, 2.24) is 5.43 Å². The lowest BCUT2D eigenvalue weighted by Gasteiger charge is -2.23. The molecule has 0 heterocycles. The summed E-state index contributed by atoms with van der Waals surface area (Å²) < 4.78 is 41.8. The zero-order chi connectivity index (χ0) is 22.4. The third kappa shape index (κ3) is 5.69. The molecule has 0 saturated carbocycles. The van der Waals surface area contributed by atoms with Crippen molar-refractivity contribution in [2.24, 2.45) is 5.10 Å². The normalized spacial score (nSPS) is 11.5. The fourth-order valence-electron chi connectivity index (χ4n) is 2.63. The molecule has 0 aliphatic carbocycles. The van der Waals surface area contributed by atoms with Crippen LogP contribution < -0.4 is 9.73 Å². The van der Waals surface area contributed by atoms with Crippen LogP contribution in [0.5, 0.6) is 0 Å². The summed E-state index contributed by atoms with van der Waals surface area (Å²) in [5, 5.41) is 3.83. The van der Waals surface area contributed by atoms with E-state index in [1.807, 2.05) is 0 Å². The minimum absolute atomic E-state index is 0.00483. The van der Waals surface area contributed by atoms with Gasteiger partial charge in [-0.05, 0) is 42.5 Å². The maximum absolute atomic E-state index is 13.8. The Balaban J connectivity index is 1.85. The highest BCUT2D eigenvalue weighted by Crippen LogP contribution is 2.26. The summed E-state index contributed by atoms with van der Waals surface area (Å²) in [6.45, 7) is -0.546. The molecule has 0 radical (unpaired) electrons. The molecular weight excluding hydrogens is 509 g/mol. The van der Waals surface area contributed by atoms with Gasteiger partial charge in [-0.2, -0.15) is 5.10 Å². The topological polar surface area (TPSA) is 78.8 Å². The molecule has 3 aromatic carbocycles. The van der Waals surface area contributed by atoms with Crippen molar-refractivity contribution >= 4 is 55.4 Å². The lowest BCUT2D eigenvalue weighted by atomic mass is 10.2. The average Bonchev–Trinajstić information content (AvgIpc) is 2.74. The Morgan fingerprint density at radius 3 is 2.48 bits per heavy atom. The second-order valence-electron chi connectivity index (χ2n) is 6.23. The highest BCUT2D eigenvalue weighted by Gasteiger charge is 2.27. The number of nitrogens with one attached hydrogen (secondary N) is 1. The summed E-state index contributed by atoms with van der Waals surface area (Å²) in [4.78, 5) is 12.5. The molecule has 0 saturated heterocycles. The summed E-state index contributed by atoms with van der Waals surface area (Å²) in [6, 6.07) is 18.4. The van der Waals surface area contributed by atoms with Gasteiger partial charge in [0.1, 0.15) is 12.4 Å². The molecule has 0 bridgehead atoms. The second kappa shape index (κ2) is 10.0. The van der Waals surface area contributed by atoms with Crippen LogP contribution in [0.15, 0.2) is 87.3 Å². The van der Waals surface area contributed by atoms with E-state index < -0.39 is 28.3 Å². The van der Waals surface area contributed by atoms with Gasteiger partial charge in [0.05, 0.1) is 21.8 Å². The van der Waals surface area contributed by atoms with Crippen molar-refractivity contribution in [3.63, 3.8) is 0 Å². The Morgan fingerprint density at radius 1 is 1.10 bits per heavy atom. The summed E-state index contributed by atoms with van der Waals surface area (Å²) in [7, 11) is -4.04. The van der Waals surface area contributed by atoms with Gasteiger partial charge in [-0.15, -0.1) is 0 Å². The van der Waals surface area contributed by atoms with Crippen molar-refractivity contribution in [1.29, 1.82) is 0 Å². The van der Waals surface area contributed by atoms with Crippen LogP contribution in [0.3, 0.4) is 0 Å². The molecule has 3 rings (SSSR count). The molecule has 0 fully saturated rings. The van der Waals surface area contributed by atoms with E-state index in [2.05, 4.69) is 26.5 Å². The smallest absolute Gasteiger partial charge is 0.264 e. The fraction of sp³-hybridized carbons (Fsp3) is 0.0476. The van der Waals surface area contributed by atoms with Gasteiger partial charge < -0.3 is 0 Å². The first kappa shape index (κ1) is 22.9. The monoisotopic (exact) mass is 523 g/mol. The number of sulfonamides is 1. The van der Waals surface area contributed by atoms with Gasteiger partial charge >= 0.3 is 0 Å². The summed E-state index contributed by atoms with van der Waals surface area (Å²) in [6.07, 6.45) is 1.06. The molecule has 31 heavy (non-hydrogen) atoms. The number of anilines is 1. The van der Waals surface area contributed by atoms with E-state index in [4.69, 9.17) is 11.6 Å². The third-order valence-electron chi connectivity index (χ3n) is 4.10. The fourth-order valence-corrected chi connectivity index (χ4v) is 4.67. The van der Waals surface area contributed by atoms with E-state index in [0.717, 1.165) is 10.5 Å². The molecule has 6 nitrogen and oxygen atoms in total. The van der Waals surface area contributed by atoms with Crippen molar-refractivity contribution in [2.45, 2.75) is 4.90 Å². The number of nitrogens with zero attached hydrogens (tertiary/aromatic N) is 2. The van der Waals surface area contributed by atoms with Crippen LogP contribution >= 0.6 is 27.5 Å². The number of benzene rings is 3. The van der Waals surface area contributed by atoms with Gasteiger partial charge in [-0.3, -0.25) is 9.10 Å². The molecule has 0 aliphatic rings. The van der Waals surface area contributed by atoms with Gasteiger partial charge in [-0.25, -0.2) is 18.2 Å². The zero-order valence-electron chi connectivity index (χ0n) is 15.9. The van der Waals surface area contributed by atoms with E-state index in [1.165, 1.54) is 30.3 Å². The first-order chi connectivity index (χ1) is 14.8. The molecule has 3 aromatic rings. The highest BCUT2D eigenvalue weighted by molar-refractivity contribution is 9.10. The third-order valence-corrected chi connectivity index (χ3v) is 6.71. The molecule has 0 aromatic heterocycles. The Morgan fingerprint density at radius 2 is 1.81 bits per heavy atom. The lowest BCUT2D eigenvalue weighted by molar-refractivity contribution is -0.119. The van der Waals surface area contributed by atoms with E-state index in [9.17, 15) is 17.6 Å². The largest absolute Gasteiger partial charge is 0.271 e. The van der Waals surface area contributed by atoms with E-state index >= 15 is 0 Å². The summed E-state index contributed by atoms with van der Waals surface area (Å²) in [5.41, 5.74) is 2.50. The van der Waals surface area contributed by atoms with Crippen LogP contribution in [0, 0.1) is 5.82 Å². The second-order valence-corrected chi connectivity index (χ2v) is 9.42. The molecule has 0 atom stereocenters. The van der Waals surface area contributed by atoms with Crippen LogP contribution in [-0.4, -0.2) is 27.1 Å². The number of hydrogen-bond acceptors (Lipinski definition) is 4. The first-order valence-electron chi connectivity index (χ1n) is 8.88. The Kier molecular flexibility index (Phi) is 7.42. The number of hydrogen-bond donors (Lipinski definition) is 1. The number of hydrazone groups is 1. The molecular formula is C21H16BrClFN3O3S. The van der Waals surface area contributed by atoms with Crippen molar-refractivity contribution < 1.29 is 17.6 Å². The number of carbonyl (C=O) groups is 1. The molecule has 0 unspecified atom stereocenters. The van der Waals surface area contributed by atoms with Crippen LogP contribution in [0.25, 0.3) is 0 Å². The number of halogens is 3. The maximum atomic E-state index is 13.8. The molecule has 1 N–H and O–H groups in total. The summed E-state index contributed by atoms with van der Waals surface area (Å²) in [5.74, 6) is -1.32. The Bertz CT molecular complexity index is 1200. The van der Waals surface area contributed by atoms with Gasteiger partial charge in [0.15, 0.2) is 0 Å². The number of amides is 1. The van der Waals surface area contributed by atoms with Crippen LogP contribution in [0.2, 0.25) is 5.02 Å². The predicted molar refractivity (Wildman–Crippen MR) is 122 cm³/mol. The van der Waals surface area contributed by atoms with Gasteiger partial charge in [0.25, 0.3) is 15.9 Å². The van der Waals surface area contributed by atoms with Crippen molar-refractivity contribution in [3.05, 3.63) is 93.7 Å². The van der Waals surface area contributed by atoms with Crippen molar-refractivity contribution in [3.8, 4) is 0 Å². The van der Waals surface area contributed by atoms with Crippen LogP contribution in [0.4, 0.5) is 10.1 Å². The molecule has 160 valence electrons. The molecule has 0 spiro atoms. The van der Waals surface area contributed by atoms with Gasteiger partial charge in [0, 0.05) is 10.0 Å². The zero-order valence-corrected chi connectivity index (χ0v) is 19.0. The standard InChI is InChI=1S/C21H16BrClFN3O3S/c22-15-6-4-7-16(12-15)27(31(29,30)17-8-2-1-3-9-17)14-21(28)26-25-13-18-19(23)10-5-11-20(18)24/h1-13H,14H2,(H,26,28)/b25-13+. The maximum Gasteiger partial charge on any atom is 0.264 e. The lowest BCUT2D eigenvalue weighted by Crippen LogP contribution is -2.39. The first-order valence-corrected chi connectivity index (χ1v) is 11.5. The molecule has 1 amide bonds. The van der Waals surface area contributed by atoms with Gasteiger partial charge in [-0.1, -0.05) is 57.9 Å². The van der Waals surface area contributed by atoms with Crippen LogP contribution in [0.1, 0.15) is 5.56 Å². The van der Waals surface area contributed by atoms with Gasteiger partial charge in [0.2, 0.25) is 0 Å². The van der Waals surface area contributed by atoms with E-state index in [-0.39, 0.29) is 21.2 Å². The van der Waals surface area contributed by atoms with E-state index in [1.54, 1.807) is 42.5 Å². The SMILES string of the molecule is O=C(CN(c1cccc(Br)c1)S(=O)(=O)c1ccccc1)N/N=C/c1c(F)cccc1Cl. The minimum atomic E-state index is -4.04. The van der Waals surface area contributed by atoms with E-state index in [0.29, 0.717) is 4.47 Å². The average molecular weight is 525 g/mol. The molecule has 0 aliphatic heterocycles. The highest BCUT2D eigenvalue weighted by atomic mass is 79.9. The Hall–Kier alpha value is -2.75. The minimum Gasteiger partial charge on any atom is -0.271 e. The Labute approximate surface area is 192 Å². The van der Waals surface area contributed by atoms with Crippen LogP contribution in [-0.2, 0) is 14.8 Å². The predicted octanol–water partition coefficient (Wildman–Crippen LogP) is 4.59.